The molecule has 0 aliphatic heterocycles. The molecule has 0 saturated carbocycles. The van der Waals surface area contributed by atoms with E-state index in [0.717, 1.165) is 4.47 Å². The van der Waals surface area contributed by atoms with Gasteiger partial charge in [0.15, 0.2) is 0 Å². The van der Waals surface area contributed by atoms with Crippen molar-refractivity contribution in [1.82, 2.24) is 5.32 Å². The monoisotopic (exact) mass is 449 g/mol. The number of fused-ring (bicyclic) bond motifs is 3. The number of aromatic hydroxyl groups is 1. The zero-order valence-electron chi connectivity index (χ0n) is 15.6. The number of rotatable bonds is 5. The number of carbonyl (C=O) groups excluding carboxylic acids is 1. The molecule has 0 aromatic heterocycles. The minimum absolute atomic E-state index is 0.0438. The molecule has 0 spiro atoms. The Balaban J connectivity index is 1.34. The van der Waals surface area contributed by atoms with Gasteiger partial charge in [-0.25, -0.2) is 4.79 Å². The van der Waals surface area contributed by atoms with Gasteiger partial charge in [-0.1, -0.05) is 76.6 Å². The molecule has 0 unspecified atom stereocenters. The first-order valence-electron chi connectivity index (χ1n) is 9.37. The Kier molecular flexibility index (Phi) is 5.67. The van der Waals surface area contributed by atoms with Gasteiger partial charge in [-0.2, -0.15) is 0 Å². The van der Waals surface area contributed by atoms with E-state index in [9.17, 15) is 9.90 Å². The number of phenols is 1. The maximum atomic E-state index is 12.1. The Bertz CT molecular complexity index is 1030. The Morgan fingerprint density at radius 1 is 1.03 bits per heavy atom. The average Bonchev–Trinajstić information content (AvgIpc) is 3.06. The van der Waals surface area contributed by atoms with Crippen molar-refractivity contribution in [3.63, 3.8) is 0 Å². The van der Waals surface area contributed by atoms with Crippen LogP contribution in [0.2, 0.25) is 0 Å². The van der Waals surface area contributed by atoms with E-state index in [-0.39, 0.29) is 18.3 Å². The predicted molar refractivity (Wildman–Crippen MR) is 118 cm³/mol. The maximum Gasteiger partial charge on any atom is 0.407 e. The number of alkyl carbamates (subject to hydrolysis) is 1. The minimum atomic E-state index is -0.463. The van der Waals surface area contributed by atoms with Crippen LogP contribution in [0.1, 0.15) is 22.6 Å². The molecule has 146 valence electrons. The van der Waals surface area contributed by atoms with E-state index in [2.05, 4.69) is 45.5 Å². The third-order valence-corrected chi connectivity index (χ3v) is 5.49. The second kappa shape index (κ2) is 8.53. The first-order chi connectivity index (χ1) is 14.1. The number of nitrogens with one attached hydrogen (secondary N) is 1. The van der Waals surface area contributed by atoms with E-state index < -0.39 is 6.09 Å². The number of halogens is 1. The highest BCUT2D eigenvalue weighted by Gasteiger charge is 2.28. The normalized spacial score (nSPS) is 12.6. The molecule has 0 saturated heterocycles. The lowest BCUT2D eigenvalue weighted by Gasteiger charge is -2.14. The molecule has 0 radical (unpaired) electrons. The van der Waals surface area contributed by atoms with E-state index in [1.807, 2.05) is 24.3 Å². The van der Waals surface area contributed by atoms with E-state index in [1.54, 1.807) is 30.4 Å². The number of hydrogen-bond donors (Lipinski definition) is 2. The molecule has 0 heterocycles. The zero-order chi connectivity index (χ0) is 20.2. The summed E-state index contributed by atoms with van der Waals surface area (Å²) in [6.07, 6.45) is 3.06. The van der Waals surface area contributed by atoms with Crippen molar-refractivity contribution >= 4 is 28.1 Å². The molecule has 3 aromatic rings. The molecule has 4 nitrogen and oxygen atoms in total. The van der Waals surface area contributed by atoms with Gasteiger partial charge in [0.1, 0.15) is 12.4 Å². The molecule has 5 heteroatoms. The maximum absolute atomic E-state index is 12.1. The first kappa shape index (κ1) is 19.3. The SMILES string of the molecule is O=C(NCC=Cc1cc(Br)ccc1O)OCC1c2ccccc2-c2ccccc21. The Hall–Kier alpha value is -3.05. The summed E-state index contributed by atoms with van der Waals surface area (Å²) in [7, 11) is 0. The summed E-state index contributed by atoms with van der Waals surface area (Å²) in [4.78, 5) is 12.1. The van der Waals surface area contributed by atoms with Crippen molar-refractivity contribution in [3.05, 3.63) is 94.0 Å². The summed E-state index contributed by atoms with van der Waals surface area (Å²) < 4.78 is 6.37. The van der Waals surface area contributed by atoms with Gasteiger partial charge in [-0.15, -0.1) is 0 Å². The Morgan fingerprint density at radius 2 is 1.69 bits per heavy atom. The molecular formula is C24H20BrNO3. The molecule has 0 bridgehead atoms. The van der Waals surface area contributed by atoms with Crippen molar-refractivity contribution < 1.29 is 14.6 Å². The fourth-order valence-corrected chi connectivity index (χ4v) is 4.02. The number of amides is 1. The summed E-state index contributed by atoms with van der Waals surface area (Å²) in [5.41, 5.74) is 5.45. The summed E-state index contributed by atoms with van der Waals surface area (Å²) >= 11 is 3.37. The standard InChI is InChI=1S/C24H20BrNO3/c25-17-11-12-23(27)16(14-17)6-5-13-26-24(28)29-15-22-20-9-3-1-7-18(20)19-8-2-4-10-21(19)22/h1-12,14,22,27H,13,15H2,(H,26,28). The zero-order valence-corrected chi connectivity index (χ0v) is 17.2. The fourth-order valence-electron chi connectivity index (χ4n) is 3.64. The van der Waals surface area contributed by atoms with Crippen LogP contribution in [0.15, 0.2) is 77.3 Å². The van der Waals surface area contributed by atoms with Gasteiger partial charge in [0.25, 0.3) is 0 Å². The summed E-state index contributed by atoms with van der Waals surface area (Å²) in [6.45, 7) is 0.596. The van der Waals surface area contributed by atoms with Crippen molar-refractivity contribution in [1.29, 1.82) is 0 Å². The highest BCUT2D eigenvalue weighted by molar-refractivity contribution is 9.10. The van der Waals surface area contributed by atoms with Crippen LogP contribution in [-0.4, -0.2) is 24.4 Å². The summed E-state index contributed by atoms with van der Waals surface area (Å²) in [6, 6.07) is 21.7. The second-order valence-corrected chi connectivity index (χ2v) is 7.73. The topological polar surface area (TPSA) is 58.6 Å². The number of hydrogen-bond acceptors (Lipinski definition) is 3. The molecule has 2 N–H and O–H groups in total. The predicted octanol–water partition coefficient (Wildman–Crippen LogP) is 5.71. The molecule has 3 aromatic carbocycles. The lowest BCUT2D eigenvalue weighted by molar-refractivity contribution is 0.144. The summed E-state index contributed by atoms with van der Waals surface area (Å²) in [5, 5.41) is 12.5. The Labute approximate surface area is 178 Å². The van der Waals surface area contributed by atoms with Gasteiger partial charge in [0.2, 0.25) is 0 Å². The molecule has 4 rings (SSSR count). The highest BCUT2D eigenvalue weighted by Crippen LogP contribution is 2.44. The fraction of sp³-hybridized carbons (Fsp3) is 0.125. The van der Waals surface area contributed by atoms with E-state index >= 15 is 0 Å². The molecule has 1 aliphatic carbocycles. The van der Waals surface area contributed by atoms with Gasteiger partial charge in [-0.3, -0.25) is 0 Å². The van der Waals surface area contributed by atoms with E-state index in [1.165, 1.54) is 22.3 Å². The third kappa shape index (κ3) is 4.20. The van der Waals surface area contributed by atoms with Crippen LogP contribution in [0.25, 0.3) is 17.2 Å². The highest BCUT2D eigenvalue weighted by atomic mass is 79.9. The van der Waals surface area contributed by atoms with Crippen LogP contribution in [0.3, 0.4) is 0 Å². The lowest BCUT2D eigenvalue weighted by atomic mass is 9.98. The first-order valence-corrected chi connectivity index (χ1v) is 10.2. The molecule has 0 atom stereocenters. The smallest absolute Gasteiger partial charge is 0.407 e. The second-order valence-electron chi connectivity index (χ2n) is 6.81. The van der Waals surface area contributed by atoms with Gasteiger partial charge >= 0.3 is 6.09 Å². The van der Waals surface area contributed by atoms with Crippen molar-refractivity contribution in [3.8, 4) is 16.9 Å². The van der Waals surface area contributed by atoms with Crippen LogP contribution in [0, 0.1) is 0 Å². The summed E-state index contributed by atoms with van der Waals surface area (Å²) in [5.74, 6) is 0.230. The number of ether oxygens (including phenoxy) is 1. The van der Waals surface area contributed by atoms with Gasteiger partial charge in [-0.05, 0) is 40.5 Å². The lowest BCUT2D eigenvalue weighted by Crippen LogP contribution is -2.26. The van der Waals surface area contributed by atoms with Gasteiger partial charge in [0.05, 0.1) is 0 Å². The molecule has 29 heavy (non-hydrogen) atoms. The number of phenolic OH excluding ortho intramolecular Hbond substituents is 1. The van der Waals surface area contributed by atoms with Crippen LogP contribution in [0.4, 0.5) is 4.79 Å². The molecule has 1 aliphatic rings. The van der Waals surface area contributed by atoms with E-state index in [0.29, 0.717) is 12.1 Å². The molecule has 0 fully saturated rings. The minimum Gasteiger partial charge on any atom is -0.507 e. The van der Waals surface area contributed by atoms with E-state index in [4.69, 9.17) is 4.74 Å². The van der Waals surface area contributed by atoms with Crippen LogP contribution in [-0.2, 0) is 4.74 Å². The van der Waals surface area contributed by atoms with Crippen LogP contribution >= 0.6 is 15.9 Å². The number of benzene rings is 3. The quantitative estimate of drug-likeness (QED) is 0.524. The van der Waals surface area contributed by atoms with Crippen molar-refractivity contribution in [2.75, 3.05) is 13.2 Å². The average molecular weight is 450 g/mol. The third-order valence-electron chi connectivity index (χ3n) is 4.99. The van der Waals surface area contributed by atoms with Crippen molar-refractivity contribution in [2.24, 2.45) is 0 Å². The number of carbonyl (C=O) groups is 1. The van der Waals surface area contributed by atoms with Crippen LogP contribution < -0.4 is 5.32 Å². The van der Waals surface area contributed by atoms with Gasteiger partial charge in [0, 0.05) is 22.5 Å². The van der Waals surface area contributed by atoms with Crippen LogP contribution in [0.5, 0.6) is 5.75 Å². The van der Waals surface area contributed by atoms with Gasteiger partial charge < -0.3 is 15.2 Å². The Morgan fingerprint density at radius 3 is 2.38 bits per heavy atom. The van der Waals surface area contributed by atoms with Crippen molar-refractivity contribution in [2.45, 2.75) is 5.92 Å². The molecule has 1 amide bonds. The largest absolute Gasteiger partial charge is 0.507 e. The molecular weight excluding hydrogens is 430 g/mol.